The summed E-state index contributed by atoms with van der Waals surface area (Å²) in [5.41, 5.74) is 0. The number of hydrogen-bond donors (Lipinski definition) is 2. The van der Waals surface area contributed by atoms with Crippen molar-refractivity contribution in [2.45, 2.75) is 24.4 Å². The third-order valence-electron chi connectivity index (χ3n) is 2.11. The van der Waals surface area contributed by atoms with Crippen LogP contribution in [0.25, 0.3) is 0 Å². The molecule has 6 nitrogen and oxygen atoms in total. The van der Waals surface area contributed by atoms with Gasteiger partial charge in [-0.05, 0) is 31.4 Å². The molecule has 0 saturated heterocycles. The largest absolute Gasteiger partial charge is 0.440 e. The Morgan fingerprint density at radius 2 is 2.06 bits per heavy atom. The summed E-state index contributed by atoms with van der Waals surface area (Å²) < 4.78 is 30.4. The molecule has 0 fully saturated rings. The first-order chi connectivity index (χ1) is 8.10. The van der Waals surface area contributed by atoms with Crippen molar-refractivity contribution in [3.8, 4) is 0 Å². The van der Waals surface area contributed by atoms with E-state index in [9.17, 15) is 13.2 Å². The Morgan fingerprint density at radius 1 is 1.29 bits per heavy atom. The zero-order valence-electron chi connectivity index (χ0n) is 9.26. The first-order valence-corrected chi connectivity index (χ1v) is 6.74. The van der Waals surface area contributed by atoms with Crippen molar-refractivity contribution in [2.24, 2.45) is 0 Å². The van der Waals surface area contributed by atoms with Crippen LogP contribution in [0.3, 0.4) is 0 Å². The van der Waals surface area contributed by atoms with E-state index < -0.39 is 10.0 Å². The minimum absolute atomic E-state index is 0.0225. The van der Waals surface area contributed by atoms with E-state index in [1.165, 1.54) is 12.1 Å². The van der Waals surface area contributed by atoms with Gasteiger partial charge in [0.1, 0.15) is 0 Å². The molecular weight excluding hydrogens is 246 g/mol. The van der Waals surface area contributed by atoms with E-state index >= 15 is 0 Å². The summed E-state index contributed by atoms with van der Waals surface area (Å²) in [6.45, 7) is 0.382. The number of hydrogen-bond acceptors (Lipinski definition) is 5. The van der Waals surface area contributed by atoms with Gasteiger partial charge < -0.3 is 9.52 Å². The molecule has 0 aliphatic heterocycles. The number of carbonyl (C=O) groups excluding carboxylic acids is 1. The number of nitrogens with one attached hydrogen (secondary N) is 1. The summed E-state index contributed by atoms with van der Waals surface area (Å²) >= 11 is 0. The van der Waals surface area contributed by atoms with Gasteiger partial charge in [0.15, 0.2) is 12.0 Å². The highest BCUT2D eigenvalue weighted by molar-refractivity contribution is 7.89. The molecule has 96 valence electrons. The summed E-state index contributed by atoms with van der Waals surface area (Å²) in [6, 6.07) is 2.53. The quantitative estimate of drug-likeness (QED) is 0.525. The van der Waals surface area contributed by atoms with E-state index in [1.807, 2.05) is 0 Å². The molecule has 0 unspecified atom stereocenters. The number of aliphatic hydroxyl groups is 1. The first kappa shape index (κ1) is 13.9. The third kappa shape index (κ3) is 4.29. The number of furan rings is 1. The third-order valence-corrected chi connectivity index (χ3v) is 3.44. The number of aliphatic hydroxyl groups excluding tert-OH is 1. The summed E-state index contributed by atoms with van der Waals surface area (Å²) in [7, 11) is -3.67. The van der Waals surface area contributed by atoms with Crippen LogP contribution in [-0.4, -0.2) is 33.0 Å². The standard InChI is InChI=1S/C10H15NO5S/c12-7-3-1-2-6-11-17(14,15)10-5-4-9(8-13)16-10/h4-5,8,11-12H,1-3,6-7H2. The van der Waals surface area contributed by atoms with Crippen LogP contribution in [0, 0.1) is 0 Å². The maximum Gasteiger partial charge on any atom is 0.273 e. The number of unbranched alkanes of at least 4 members (excludes halogenated alkanes) is 2. The van der Waals surface area contributed by atoms with Gasteiger partial charge >= 0.3 is 0 Å². The maximum atomic E-state index is 11.6. The molecule has 0 bridgehead atoms. The van der Waals surface area contributed by atoms with Crippen LogP contribution in [0.4, 0.5) is 0 Å². The molecule has 0 radical (unpaired) electrons. The number of rotatable bonds is 8. The van der Waals surface area contributed by atoms with E-state index in [2.05, 4.69) is 4.72 Å². The van der Waals surface area contributed by atoms with Crippen molar-refractivity contribution < 1.29 is 22.7 Å². The van der Waals surface area contributed by atoms with E-state index in [4.69, 9.17) is 9.52 Å². The van der Waals surface area contributed by atoms with Gasteiger partial charge in [-0.3, -0.25) is 4.79 Å². The Balaban J connectivity index is 2.48. The van der Waals surface area contributed by atoms with E-state index in [1.54, 1.807) is 0 Å². The SMILES string of the molecule is O=Cc1ccc(S(=O)(=O)NCCCCCO)o1. The number of aldehydes is 1. The topological polar surface area (TPSA) is 96.6 Å². The normalized spacial score (nSPS) is 11.6. The molecule has 1 aromatic rings. The smallest absolute Gasteiger partial charge is 0.273 e. The molecule has 0 aliphatic carbocycles. The lowest BCUT2D eigenvalue weighted by atomic mass is 10.2. The van der Waals surface area contributed by atoms with Crippen LogP contribution >= 0.6 is 0 Å². The van der Waals surface area contributed by atoms with Gasteiger partial charge in [-0.2, -0.15) is 0 Å². The summed E-state index contributed by atoms with van der Waals surface area (Å²) in [5.74, 6) is -0.0225. The van der Waals surface area contributed by atoms with E-state index in [0.717, 1.165) is 6.42 Å². The second kappa shape index (κ2) is 6.53. The molecule has 1 rings (SSSR count). The van der Waals surface area contributed by atoms with Crippen molar-refractivity contribution >= 4 is 16.3 Å². The Hall–Kier alpha value is -1.18. The lowest BCUT2D eigenvalue weighted by molar-refractivity contribution is 0.109. The average molecular weight is 261 g/mol. The molecule has 0 aliphatic rings. The minimum atomic E-state index is -3.67. The van der Waals surface area contributed by atoms with Gasteiger partial charge in [-0.25, -0.2) is 13.1 Å². The Kier molecular flexibility index (Phi) is 5.33. The van der Waals surface area contributed by atoms with Crippen LogP contribution in [0.5, 0.6) is 0 Å². The van der Waals surface area contributed by atoms with Gasteiger partial charge in [-0.15, -0.1) is 0 Å². The first-order valence-electron chi connectivity index (χ1n) is 5.25. The molecule has 0 saturated carbocycles. The molecule has 17 heavy (non-hydrogen) atoms. The summed E-state index contributed by atoms with van der Waals surface area (Å²) in [4.78, 5) is 10.3. The predicted octanol–water partition coefficient (Wildman–Crippen LogP) is 0.533. The van der Waals surface area contributed by atoms with Crippen LogP contribution < -0.4 is 4.72 Å². The zero-order chi connectivity index (χ0) is 12.7. The molecule has 7 heteroatoms. The van der Waals surface area contributed by atoms with Gasteiger partial charge in [-0.1, -0.05) is 0 Å². The van der Waals surface area contributed by atoms with Crippen LogP contribution in [0.15, 0.2) is 21.6 Å². The molecule has 0 aromatic carbocycles. The molecule has 0 atom stereocenters. The van der Waals surface area contributed by atoms with E-state index in [-0.39, 0.29) is 24.0 Å². The fourth-order valence-corrected chi connectivity index (χ4v) is 2.24. The van der Waals surface area contributed by atoms with Crippen LogP contribution in [0.2, 0.25) is 0 Å². The second-order valence-electron chi connectivity index (χ2n) is 3.46. The zero-order valence-corrected chi connectivity index (χ0v) is 10.1. The number of sulfonamides is 1. The second-order valence-corrected chi connectivity index (χ2v) is 5.15. The maximum absolute atomic E-state index is 11.6. The average Bonchev–Trinajstić information content (AvgIpc) is 2.78. The molecule has 1 aromatic heterocycles. The fraction of sp³-hybridized carbons (Fsp3) is 0.500. The lowest BCUT2D eigenvalue weighted by Gasteiger charge is -2.03. The minimum Gasteiger partial charge on any atom is -0.440 e. The van der Waals surface area contributed by atoms with Crippen molar-refractivity contribution in [3.05, 3.63) is 17.9 Å². The lowest BCUT2D eigenvalue weighted by Crippen LogP contribution is -2.24. The summed E-state index contributed by atoms with van der Waals surface area (Å²) in [5, 5.41) is 8.28. The summed E-state index contributed by atoms with van der Waals surface area (Å²) in [6.07, 6.45) is 2.48. The highest BCUT2D eigenvalue weighted by atomic mass is 32.2. The van der Waals surface area contributed by atoms with Gasteiger partial charge in [0, 0.05) is 13.2 Å². The van der Waals surface area contributed by atoms with Crippen molar-refractivity contribution in [1.82, 2.24) is 4.72 Å². The fourth-order valence-electron chi connectivity index (χ4n) is 1.23. The van der Waals surface area contributed by atoms with Gasteiger partial charge in [0.05, 0.1) is 0 Å². The number of carbonyl (C=O) groups is 1. The Bertz CT molecular complexity index is 451. The monoisotopic (exact) mass is 261 g/mol. The van der Waals surface area contributed by atoms with Crippen molar-refractivity contribution in [2.75, 3.05) is 13.2 Å². The molecule has 0 spiro atoms. The molecular formula is C10H15NO5S. The van der Waals surface area contributed by atoms with Gasteiger partial charge in [0.2, 0.25) is 5.09 Å². The predicted molar refractivity (Wildman–Crippen MR) is 60.2 cm³/mol. The van der Waals surface area contributed by atoms with Crippen LogP contribution in [0.1, 0.15) is 29.8 Å². The molecule has 1 heterocycles. The Labute approximate surface area is 99.7 Å². The van der Waals surface area contributed by atoms with Gasteiger partial charge in [0.25, 0.3) is 10.0 Å². The highest BCUT2D eigenvalue weighted by Crippen LogP contribution is 2.12. The highest BCUT2D eigenvalue weighted by Gasteiger charge is 2.17. The van der Waals surface area contributed by atoms with Crippen LogP contribution in [-0.2, 0) is 10.0 Å². The Morgan fingerprint density at radius 3 is 2.65 bits per heavy atom. The van der Waals surface area contributed by atoms with Crippen molar-refractivity contribution in [3.63, 3.8) is 0 Å². The molecule has 2 N–H and O–H groups in total. The molecule has 0 amide bonds. The van der Waals surface area contributed by atoms with Crippen molar-refractivity contribution in [1.29, 1.82) is 0 Å². The van der Waals surface area contributed by atoms with E-state index in [0.29, 0.717) is 19.1 Å².